The van der Waals surface area contributed by atoms with Crippen LogP contribution in [0.1, 0.15) is 37.8 Å². The predicted octanol–water partition coefficient (Wildman–Crippen LogP) is 4.36. The third-order valence-electron chi connectivity index (χ3n) is 4.50. The number of nitrogens with one attached hydrogen (secondary N) is 1. The Morgan fingerprint density at radius 3 is 2.39 bits per heavy atom. The van der Waals surface area contributed by atoms with Crippen molar-refractivity contribution in [3.05, 3.63) is 70.5 Å². The van der Waals surface area contributed by atoms with E-state index in [1.807, 2.05) is 32.0 Å². The van der Waals surface area contributed by atoms with Crippen molar-refractivity contribution in [2.45, 2.75) is 45.7 Å². The third kappa shape index (κ3) is 6.06. The van der Waals surface area contributed by atoms with Gasteiger partial charge in [0, 0.05) is 18.1 Å². The van der Waals surface area contributed by atoms with Crippen LogP contribution in [-0.4, -0.2) is 29.3 Å². The van der Waals surface area contributed by atoms with E-state index in [4.69, 9.17) is 11.6 Å². The van der Waals surface area contributed by atoms with Gasteiger partial charge in [0.15, 0.2) is 0 Å². The van der Waals surface area contributed by atoms with Gasteiger partial charge in [-0.2, -0.15) is 0 Å². The summed E-state index contributed by atoms with van der Waals surface area (Å²) in [4.78, 5) is 27.3. The molecule has 2 aromatic rings. The van der Waals surface area contributed by atoms with Crippen LogP contribution in [0, 0.1) is 5.82 Å². The van der Waals surface area contributed by atoms with Gasteiger partial charge in [0.05, 0.1) is 6.42 Å². The van der Waals surface area contributed by atoms with Crippen molar-refractivity contribution in [1.29, 1.82) is 0 Å². The molecule has 2 rings (SSSR count). The van der Waals surface area contributed by atoms with E-state index in [9.17, 15) is 14.0 Å². The van der Waals surface area contributed by atoms with Crippen molar-refractivity contribution in [3.63, 3.8) is 0 Å². The molecule has 0 radical (unpaired) electrons. The number of halogens is 2. The summed E-state index contributed by atoms with van der Waals surface area (Å²) < 4.78 is 13.2. The lowest BCUT2D eigenvalue weighted by molar-refractivity contribution is -0.140. The molecule has 2 aromatic carbocycles. The molecule has 0 aliphatic heterocycles. The molecule has 0 aliphatic carbocycles. The van der Waals surface area contributed by atoms with E-state index >= 15 is 0 Å². The minimum Gasteiger partial charge on any atom is -0.354 e. The number of benzene rings is 2. The standard InChI is InChI=1S/C22H26ClFN2O2/c1-3-13-25-22(28)20(4-2)26(15-17-7-5-6-8-19(17)23)21(27)14-16-9-11-18(24)12-10-16/h5-12,20H,3-4,13-15H2,1-2H3,(H,25,28). The smallest absolute Gasteiger partial charge is 0.242 e. The van der Waals surface area contributed by atoms with E-state index in [-0.39, 0.29) is 30.6 Å². The van der Waals surface area contributed by atoms with Crippen LogP contribution in [0.3, 0.4) is 0 Å². The lowest BCUT2D eigenvalue weighted by Crippen LogP contribution is -2.49. The molecular formula is C22H26ClFN2O2. The molecule has 2 amide bonds. The summed E-state index contributed by atoms with van der Waals surface area (Å²) in [5.74, 6) is -0.733. The number of carbonyl (C=O) groups is 2. The van der Waals surface area contributed by atoms with Crippen LogP contribution in [0.15, 0.2) is 48.5 Å². The number of rotatable bonds is 9. The molecule has 1 unspecified atom stereocenters. The van der Waals surface area contributed by atoms with Crippen LogP contribution >= 0.6 is 11.6 Å². The Hall–Kier alpha value is -2.40. The summed E-state index contributed by atoms with van der Waals surface area (Å²) in [5.41, 5.74) is 1.47. The summed E-state index contributed by atoms with van der Waals surface area (Å²) in [6, 6.07) is 12.5. The molecule has 150 valence electrons. The molecule has 0 bridgehead atoms. The van der Waals surface area contributed by atoms with Crippen LogP contribution < -0.4 is 5.32 Å². The predicted molar refractivity (Wildman–Crippen MR) is 109 cm³/mol. The zero-order valence-corrected chi connectivity index (χ0v) is 17.0. The molecule has 1 N–H and O–H groups in total. The van der Waals surface area contributed by atoms with Crippen LogP contribution in [0.25, 0.3) is 0 Å². The first-order valence-electron chi connectivity index (χ1n) is 9.51. The second-order valence-corrected chi connectivity index (χ2v) is 7.04. The molecule has 0 fully saturated rings. The highest BCUT2D eigenvalue weighted by atomic mass is 35.5. The Labute approximate surface area is 170 Å². The van der Waals surface area contributed by atoms with E-state index in [0.29, 0.717) is 23.6 Å². The van der Waals surface area contributed by atoms with Gasteiger partial charge in [-0.1, -0.05) is 55.8 Å². The van der Waals surface area contributed by atoms with E-state index in [1.54, 1.807) is 23.1 Å². The molecule has 0 spiro atoms. The first kappa shape index (κ1) is 21.9. The van der Waals surface area contributed by atoms with E-state index in [0.717, 1.165) is 12.0 Å². The molecule has 0 saturated carbocycles. The Morgan fingerprint density at radius 1 is 1.11 bits per heavy atom. The summed E-state index contributed by atoms with van der Waals surface area (Å²) >= 11 is 6.28. The monoisotopic (exact) mass is 404 g/mol. The minimum absolute atomic E-state index is 0.0856. The van der Waals surface area contributed by atoms with Crippen molar-refractivity contribution in [1.82, 2.24) is 10.2 Å². The third-order valence-corrected chi connectivity index (χ3v) is 4.87. The quantitative estimate of drug-likeness (QED) is 0.675. The molecule has 6 heteroatoms. The van der Waals surface area contributed by atoms with Gasteiger partial charge < -0.3 is 10.2 Å². The Kier molecular flexibility index (Phi) is 8.45. The number of nitrogens with zero attached hydrogens (tertiary/aromatic N) is 1. The van der Waals surface area contributed by atoms with E-state index in [1.165, 1.54) is 12.1 Å². The van der Waals surface area contributed by atoms with Gasteiger partial charge in [0.25, 0.3) is 0 Å². The summed E-state index contributed by atoms with van der Waals surface area (Å²) in [7, 11) is 0. The topological polar surface area (TPSA) is 49.4 Å². The van der Waals surface area contributed by atoms with E-state index < -0.39 is 6.04 Å². The molecule has 4 nitrogen and oxygen atoms in total. The van der Waals surface area contributed by atoms with Gasteiger partial charge in [-0.3, -0.25) is 9.59 Å². The maximum Gasteiger partial charge on any atom is 0.242 e. The van der Waals surface area contributed by atoms with Crippen molar-refractivity contribution < 1.29 is 14.0 Å². The SMILES string of the molecule is CCCNC(=O)C(CC)N(Cc1ccccc1Cl)C(=O)Cc1ccc(F)cc1. The highest BCUT2D eigenvalue weighted by Gasteiger charge is 2.28. The largest absolute Gasteiger partial charge is 0.354 e. The molecule has 0 aromatic heterocycles. The fourth-order valence-corrected chi connectivity index (χ4v) is 3.17. The highest BCUT2D eigenvalue weighted by Crippen LogP contribution is 2.20. The fraction of sp³-hybridized carbons (Fsp3) is 0.364. The van der Waals surface area contributed by atoms with E-state index in [2.05, 4.69) is 5.32 Å². The number of hydrogen-bond acceptors (Lipinski definition) is 2. The first-order valence-corrected chi connectivity index (χ1v) is 9.89. The minimum atomic E-state index is -0.601. The Bertz CT molecular complexity index is 795. The van der Waals surface area contributed by atoms with Gasteiger partial charge in [-0.15, -0.1) is 0 Å². The van der Waals surface area contributed by atoms with Gasteiger partial charge in [0.1, 0.15) is 11.9 Å². The fourth-order valence-electron chi connectivity index (χ4n) is 2.97. The van der Waals surface area contributed by atoms with Crippen LogP contribution in [0.2, 0.25) is 5.02 Å². The first-order chi connectivity index (χ1) is 13.5. The molecule has 0 heterocycles. The number of carbonyl (C=O) groups excluding carboxylic acids is 2. The second kappa shape index (κ2) is 10.8. The molecule has 1 atom stereocenters. The van der Waals surface area contributed by atoms with Crippen molar-refractivity contribution >= 4 is 23.4 Å². The van der Waals surface area contributed by atoms with Crippen molar-refractivity contribution in [3.8, 4) is 0 Å². The molecule has 28 heavy (non-hydrogen) atoms. The average molecular weight is 405 g/mol. The van der Waals surface area contributed by atoms with Gasteiger partial charge in [-0.05, 0) is 42.2 Å². The lowest BCUT2D eigenvalue weighted by atomic mass is 10.1. The maximum atomic E-state index is 13.2. The normalized spacial score (nSPS) is 11.7. The summed E-state index contributed by atoms with van der Waals surface area (Å²) in [6.07, 6.45) is 1.38. The summed E-state index contributed by atoms with van der Waals surface area (Å²) in [5, 5.41) is 3.42. The average Bonchev–Trinajstić information content (AvgIpc) is 2.69. The van der Waals surface area contributed by atoms with Crippen molar-refractivity contribution in [2.24, 2.45) is 0 Å². The maximum absolute atomic E-state index is 13.2. The highest BCUT2D eigenvalue weighted by molar-refractivity contribution is 6.31. The Balaban J connectivity index is 2.27. The van der Waals surface area contributed by atoms with Gasteiger partial charge >= 0.3 is 0 Å². The molecule has 0 aliphatic rings. The van der Waals surface area contributed by atoms with Gasteiger partial charge in [-0.25, -0.2) is 4.39 Å². The van der Waals surface area contributed by atoms with Gasteiger partial charge in [0.2, 0.25) is 11.8 Å². The second-order valence-electron chi connectivity index (χ2n) is 6.63. The van der Waals surface area contributed by atoms with Crippen LogP contribution in [0.4, 0.5) is 4.39 Å². The summed E-state index contributed by atoms with van der Waals surface area (Å²) in [6.45, 7) is 4.64. The van der Waals surface area contributed by atoms with Crippen LogP contribution in [-0.2, 0) is 22.6 Å². The zero-order chi connectivity index (χ0) is 20.5. The van der Waals surface area contributed by atoms with Crippen molar-refractivity contribution in [2.75, 3.05) is 6.54 Å². The number of amides is 2. The lowest BCUT2D eigenvalue weighted by Gasteiger charge is -2.31. The molecule has 0 saturated heterocycles. The Morgan fingerprint density at radius 2 is 1.79 bits per heavy atom. The number of hydrogen-bond donors (Lipinski definition) is 1. The zero-order valence-electron chi connectivity index (χ0n) is 16.3. The van der Waals surface area contributed by atoms with Crippen LogP contribution in [0.5, 0.6) is 0 Å². The molecular weight excluding hydrogens is 379 g/mol.